The summed E-state index contributed by atoms with van der Waals surface area (Å²) in [5, 5.41) is 9.06. The Kier molecular flexibility index (Phi) is 2.92. The van der Waals surface area contributed by atoms with Crippen LogP contribution in [0.25, 0.3) is 10.9 Å². The SMILES string of the molecule is COc1ccc(C)c2c(C(=O)O)c(C(F)(F)F)[nH]c12. The summed E-state index contributed by atoms with van der Waals surface area (Å²) in [4.78, 5) is 13.2. The maximum Gasteiger partial charge on any atom is 0.432 e. The fraction of sp³-hybridized carbons (Fsp3) is 0.250. The van der Waals surface area contributed by atoms with Crippen LogP contribution in [0.1, 0.15) is 21.6 Å². The lowest BCUT2D eigenvalue weighted by molar-refractivity contribution is -0.141. The number of fused-ring (bicyclic) bond motifs is 1. The van der Waals surface area contributed by atoms with Gasteiger partial charge in [-0.1, -0.05) is 6.07 Å². The van der Waals surface area contributed by atoms with Crippen LogP contribution in [0.2, 0.25) is 0 Å². The number of benzene rings is 1. The van der Waals surface area contributed by atoms with Gasteiger partial charge in [-0.25, -0.2) is 4.79 Å². The maximum atomic E-state index is 12.9. The molecule has 0 unspecified atom stereocenters. The summed E-state index contributed by atoms with van der Waals surface area (Å²) in [6.45, 7) is 1.54. The number of aryl methyl sites for hydroxylation is 1. The fourth-order valence-corrected chi connectivity index (χ4v) is 2.04. The summed E-state index contributed by atoms with van der Waals surface area (Å²) in [5.74, 6) is -1.46. The van der Waals surface area contributed by atoms with E-state index in [0.29, 0.717) is 5.56 Å². The lowest BCUT2D eigenvalue weighted by Crippen LogP contribution is -2.12. The molecule has 0 saturated carbocycles. The highest BCUT2D eigenvalue weighted by molar-refractivity contribution is 6.07. The number of carboxylic acid groups (broad SMARTS) is 1. The third-order valence-corrected chi connectivity index (χ3v) is 2.84. The summed E-state index contributed by atoms with van der Waals surface area (Å²) in [5.41, 5.74) is -1.59. The van der Waals surface area contributed by atoms with E-state index in [4.69, 9.17) is 9.84 Å². The molecule has 2 rings (SSSR count). The number of hydrogen-bond acceptors (Lipinski definition) is 2. The van der Waals surface area contributed by atoms with E-state index >= 15 is 0 Å². The van der Waals surface area contributed by atoms with E-state index in [9.17, 15) is 18.0 Å². The first-order valence-electron chi connectivity index (χ1n) is 5.27. The Balaban J connectivity index is 2.96. The second kappa shape index (κ2) is 4.18. The topological polar surface area (TPSA) is 62.3 Å². The molecule has 0 bridgehead atoms. The highest BCUT2D eigenvalue weighted by atomic mass is 19.4. The zero-order valence-electron chi connectivity index (χ0n) is 10.1. The van der Waals surface area contributed by atoms with Gasteiger partial charge in [0.15, 0.2) is 0 Å². The Morgan fingerprint density at radius 2 is 2.00 bits per heavy atom. The number of H-pyrrole nitrogens is 1. The highest BCUT2D eigenvalue weighted by Crippen LogP contribution is 2.39. The van der Waals surface area contributed by atoms with Crippen molar-refractivity contribution in [1.82, 2.24) is 4.98 Å². The summed E-state index contributed by atoms with van der Waals surface area (Å²) in [7, 11) is 1.30. The first-order valence-corrected chi connectivity index (χ1v) is 5.27. The van der Waals surface area contributed by atoms with E-state index < -0.39 is 23.4 Å². The average molecular weight is 273 g/mol. The van der Waals surface area contributed by atoms with Crippen molar-refractivity contribution in [2.75, 3.05) is 7.11 Å². The van der Waals surface area contributed by atoms with E-state index in [0.717, 1.165) is 0 Å². The number of methoxy groups -OCH3 is 1. The number of aromatic nitrogens is 1. The second-order valence-corrected chi connectivity index (χ2v) is 4.01. The quantitative estimate of drug-likeness (QED) is 0.883. The van der Waals surface area contributed by atoms with Crippen LogP contribution >= 0.6 is 0 Å². The van der Waals surface area contributed by atoms with E-state index in [1.807, 2.05) is 0 Å². The van der Waals surface area contributed by atoms with Gasteiger partial charge in [0.2, 0.25) is 0 Å². The van der Waals surface area contributed by atoms with Crippen LogP contribution in [-0.2, 0) is 6.18 Å². The fourth-order valence-electron chi connectivity index (χ4n) is 2.04. The van der Waals surface area contributed by atoms with Crippen molar-refractivity contribution in [2.24, 2.45) is 0 Å². The molecule has 0 amide bonds. The van der Waals surface area contributed by atoms with Crippen molar-refractivity contribution in [2.45, 2.75) is 13.1 Å². The normalized spacial score (nSPS) is 11.8. The van der Waals surface area contributed by atoms with Gasteiger partial charge in [0, 0.05) is 5.39 Å². The zero-order valence-corrected chi connectivity index (χ0v) is 10.1. The van der Waals surface area contributed by atoms with Gasteiger partial charge in [-0.2, -0.15) is 13.2 Å². The molecular weight excluding hydrogens is 263 g/mol. The predicted molar refractivity (Wildman–Crippen MR) is 61.5 cm³/mol. The van der Waals surface area contributed by atoms with Crippen molar-refractivity contribution in [3.8, 4) is 5.75 Å². The third-order valence-electron chi connectivity index (χ3n) is 2.84. The van der Waals surface area contributed by atoms with Gasteiger partial charge in [0.05, 0.1) is 18.2 Å². The Bertz CT molecular complexity index is 658. The molecule has 0 radical (unpaired) electrons. The number of aromatic amines is 1. The minimum absolute atomic E-state index is 0.0131. The highest BCUT2D eigenvalue weighted by Gasteiger charge is 2.39. The molecule has 1 aromatic carbocycles. The van der Waals surface area contributed by atoms with Crippen molar-refractivity contribution in [3.63, 3.8) is 0 Å². The van der Waals surface area contributed by atoms with Gasteiger partial charge < -0.3 is 14.8 Å². The number of nitrogens with one attached hydrogen (secondary N) is 1. The number of carbonyl (C=O) groups is 1. The molecule has 0 aliphatic rings. The summed E-state index contributed by atoms with van der Waals surface area (Å²) in [6, 6.07) is 3.00. The van der Waals surface area contributed by atoms with E-state index in [-0.39, 0.29) is 16.7 Å². The standard InChI is InChI=1S/C12H10F3NO3/c1-5-3-4-6(19-2)9-7(5)8(11(17)18)10(16-9)12(13,14)15/h3-4,16H,1-2H3,(H,17,18). The molecule has 0 fully saturated rings. The summed E-state index contributed by atoms with van der Waals surface area (Å²) < 4.78 is 43.6. The molecule has 0 spiro atoms. The lowest BCUT2D eigenvalue weighted by Gasteiger charge is -2.05. The minimum atomic E-state index is -4.77. The van der Waals surface area contributed by atoms with Crippen LogP contribution in [0.15, 0.2) is 12.1 Å². The molecular formula is C12H10F3NO3. The van der Waals surface area contributed by atoms with Crippen molar-refractivity contribution >= 4 is 16.9 Å². The zero-order chi connectivity index (χ0) is 14.4. The van der Waals surface area contributed by atoms with Crippen LogP contribution < -0.4 is 4.74 Å². The largest absolute Gasteiger partial charge is 0.495 e. The number of alkyl halides is 3. The van der Waals surface area contributed by atoms with E-state index in [2.05, 4.69) is 4.98 Å². The molecule has 102 valence electrons. The number of hydrogen-bond donors (Lipinski definition) is 2. The van der Waals surface area contributed by atoms with Gasteiger partial charge in [-0.15, -0.1) is 0 Å². The van der Waals surface area contributed by atoms with Gasteiger partial charge >= 0.3 is 12.1 Å². The molecule has 4 nitrogen and oxygen atoms in total. The van der Waals surface area contributed by atoms with Crippen molar-refractivity contribution in [1.29, 1.82) is 0 Å². The minimum Gasteiger partial charge on any atom is -0.495 e. The lowest BCUT2D eigenvalue weighted by atomic mass is 10.1. The number of halogens is 3. The average Bonchev–Trinajstić information content (AvgIpc) is 2.70. The van der Waals surface area contributed by atoms with Gasteiger partial charge in [0.1, 0.15) is 11.4 Å². The maximum absolute atomic E-state index is 12.9. The van der Waals surface area contributed by atoms with Crippen LogP contribution in [0.5, 0.6) is 5.75 Å². The monoisotopic (exact) mass is 273 g/mol. The van der Waals surface area contributed by atoms with Crippen LogP contribution in [0.3, 0.4) is 0 Å². The Labute approximate surface area is 105 Å². The number of rotatable bonds is 2. The smallest absolute Gasteiger partial charge is 0.432 e. The van der Waals surface area contributed by atoms with Crippen LogP contribution in [-0.4, -0.2) is 23.2 Å². The Morgan fingerprint density at radius 3 is 2.47 bits per heavy atom. The summed E-state index contributed by atoms with van der Waals surface area (Å²) >= 11 is 0. The molecule has 2 aromatic rings. The number of aromatic carboxylic acids is 1. The van der Waals surface area contributed by atoms with E-state index in [1.165, 1.54) is 19.2 Å². The van der Waals surface area contributed by atoms with Crippen molar-refractivity contribution < 1.29 is 27.8 Å². The molecule has 0 aliphatic heterocycles. The molecule has 1 aromatic heterocycles. The Morgan fingerprint density at radius 1 is 1.37 bits per heavy atom. The first kappa shape index (κ1) is 13.3. The van der Waals surface area contributed by atoms with Gasteiger partial charge in [-0.05, 0) is 18.6 Å². The van der Waals surface area contributed by atoms with Gasteiger partial charge in [0.25, 0.3) is 0 Å². The van der Waals surface area contributed by atoms with Crippen molar-refractivity contribution in [3.05, 3.63) is 29.0 Å². The number of ether oxygens (including phenoxy) is 1. The Hall–Kier alpha value is -2.18. The predicted octanol–water partition coefficient (Wildman–Crippen LogP) is 3.20. The first-order chi connectivity index (χ1) is 8.77. The van der Waals surface area contributed by atoms with Crippen LogP contribution in [0, 0.1) is 6.92 Å². The molecule has 0 aliphatic carbocycles. The third kappa shape index (κ3) is 2.00. The molecule has 2 N–H and O–H groups in total. The number of carboxylic acids is 1. The molecule has 7 heteroatoms. The van der Waals surface area contributed by atoms with Crippen LogP contribution in [0.4, 0.5) is 13.2 Å². The second-order valence-electron chi connectivity index (χ2n) is 4.01. The molecule has 19 heavy (non-hydrogen) atoms. The molecule has 0 saturated heterocycles. The molecule has 1 heterocycles. The summed E-state index contributed by atoms with van der Waals surface area (Å²) in [6.07, 6.45) is -4.77. The van der Waals surface area contributed by atoms with E-state index in [1.54, 1.807) is 6.92 Å². The molecule has 0 atom stereocenters. The van der Waals surface area contributed by atoms with Gasteiger partial charge in [-0.3, -0.25) is 0 Å².